The lowest BCUT2D eigenvalue weighted by atomic mass is 10.3. The van der Waals surface area contributed by atoms with Gasteiger partial charge in [0, 0.05) is 4.88 Å². The summed E-state index contributed by atoms with van der Waals surface area (Å²) in [6, 6.07) is 7.93. The Labute approximate surface area is 122 Å². The molecule has 0 aliphatic heterocycles. The number of hydrogen-bond donors (Lipinski definition) is 0. The van der Waals surface area contributed by atoms with Crippen LogP contribution >= 0.6 is 34.0 Å². The van der Waals surface area contributed by atoms with Crippen molar-refractivity contribution in [1.82, 2.24) is 4.98 Å². The SMILES string of the molecule is COC(=O)c1nc(-c2cccs2)sc1-c1cccs1. The van der Waals surface area contributed by atoms with E-state index in [0.29, 0.717) is 5.69 Å². The van der Waals surface area contributed by atoms with Gasteiger partial charge >= 0.3 is 5.97 Å². The minimum atomic E-state index is -0.387. The molecule has 0 fully saturated rings. The van der Waals surface area contributed by atoms with Gasteiger partial charge in [0.2, 0.25) is 0 Å². The second-order valence-electron chi connectivity index (χ2n) is 3.64. The van der Waals surface area contributed by atoms with Crippen LogP contribution < -0.4 is 0 Å². The quantitative estimate of drug-likeness (QED) is 0.674. The summed E-state index contributed by atoms with van der Waals surface area (Å²) in [5.41, 5.74) is 0.401. The topological polar surface area (TPSA) is 39.2 Å². The third-order valence-corrected chi connectivity index (χ3v) is 5.63. The third-order valence-electron chi connectivity index (χ3n) is 2.48. The third kappa shape index (κ3) is 2.34. The van der Waals surface area contributed by atoms with Crippen LogP contribution in [-0.4, -0.2) is 18.1 Å². The summed E-state index contributed by atoms with van der Waals surface area (Å²) in [6.45, 7) is 0. The van der Waals surface area contributed by atoms with Gasteiger partial charge in [-0.1, -0.05) is 12.1 Å². The van der Waals surface area contributed by atoms with E-state index in [-0.39, 0.29) is 5.97 Å². The Balaban J connectivity index is 2.14. The number of hydrogen-bond acceptors (Lipinski definition) is 6. The monoisotopic (exact) mass is 307 g/mol. The summed E-state index contributed by atoms with van der Waals surface area (Å²) in [7, 11) is 1.38. The molecule has 6 heteroatoms. The zero-order valence-electron chi connectivity index (χ0n) is 9.95. The molecule has 0 amide bonds. The highest BCUT2D eigenvalue weighted by Crippen LogP contribution is 2.39. The largest absolute Gasteiger partial charge is 0.464 e. The lowest BCUT2D eigenvalue weighted by Crippen LogP contribution is -2.02. The van der Waals surface area contributed by atoms with Crippen molar-refractivity contribution < 1.29 is 9.53 Å². The second kappa shape index (κ2) is 5.24. The van der Waals surface area contributed by atoms with Crippen molar-refractivity contribution in [2.45, 2.75) is 0 Å². The average Bonchev–Trinajstić information content (AvgIpc) is 3.14. The molecule has 0 atom stereocenters. The van der Waals surface area contributed by atoms with E-state index in [1.165, 1.54) is 18.4 Å². The molecule has 3 heterocycles. The molecule has 0 spiro atoms. The van der Waals surface area contributed by atoms with Gasteiger partial charge in [-0.15, -0.1) is 34.0 Å². The fraction of sp³-hybridized carbons (Fsp3) is 0.0769. The highest BCUT2D eigenvalue weighted by atomic mass is 32.1. The van der Waals surface area contributed by atoms with Gasteiger partial charge in [-0.05, 0) is 22.9 Å². The molecule has 0 bridgehead atoms. The van der Waals surface area contributed by atoms with Gasteiger partial charge in [0.15, 0.2) is 5.69 Å². The van der Waals surface area contributed by atoms with E-state index in [0.717, 1.165) is 19.6 Å². The first-order valence-electron chi connectivity index (χ1n) is 5.46. The number of nitrogens with zero attached hydrogens (tertiary/aromatic N) is 1. The maximum atomic E-state index is 11.8. The zero-order valence-corrected chi connectivity index (χ0v) is 12.4. The van der Waals surface area contributed by atoms with E-state index in [2.05, 4.69) is 4.98 Å². The van der Waals surface area contributed by atoms with Crippen molar-refractivity contribution in [2.75, 3.05) is 7.11 Å². The van der Waals surface area contributed by atoms with Crippen molar-refractivity contribution in [1.29, 1.82) is 0 Å². The fourth-order valence-corrected chi connectivity index (χ4v) is 4.34. The number of esters is 1. The van der Waals surface area contributed by atoms with Gasteiger partial charge < -0.3 is 4.74 Å². The van der Waals surface area contributed by atoms with E-state index in [1.807, 2.05) is 35.0 Å². The Morgan fingerprint density at radius 3 is 2.42 bits per heavy atom. The first kappa shape index (κ1) is 12.5. The lowest BCUT2D eigenvalue weighted by molar-refractivity contribution is 0.0596. The van der Waals surface area contributed by atoms with Crippen LogP contribution in [0.1, 0.15) is 10.5 Å². The van der Waals surface area contributed by atoms with Gasteiger partial charge in [0.25, 0.3) is 0 Å². The van der Waals surface area contributed by atoms with E-state index in [4.69, 9.17) is 4.74 Å². The molecule has 0 aliphatic rings. The van der Waals surface area contributed by atoms with Crippen LogP contribution in [-0.2, 0) is 4.74 Å². The molecule has 0 radical (unpaired) electrons. The summed E-state index contributed by atoms with van der Waals surface area (Å²) in [4.78, 5) is 19.3. The first-order valence-corrected chi connectivity index (χ1v) is 8.04. The number of thiophene rings is 2. The summed E-state index contributed by atoms with van der Waals surface area (Å²) in [5, 5.41) is 4.85. The number of rotatable bonds is 3. The standard InChI is InChI=1S/C13H9NO2S3/c1-16-13(15)10-11(8-4-2-6-17-8)19-12(14-10)9-5-3-7-18-9/h2-7H,1H3. The first-order chi connectivity index (χ1) is 9.29. The lowest BCUT2D eigenvalue weighted by Gasteiger charge is -1.96. The molecule has 96 valence electrons. The van der Waals surface area contributed by atoms with Crippen molar-refractivity contribution in [3.8, 4) is 19.6 Å². The van der Waals surface area contributed by atoms with Crippen LogP contribution in [0, 0.1) is 0 Å². The smallest absolute Gasteiger partial charge is 0.358 e. The van der Waals surface area contributed by atoms with E-state index < -0.39 is 0 Å². The predicted octanol–water partition coefficient (Wildman–Crippen LogP) is 4.39. The fourth-order valence-electron chi connectivity index (χ4n) is 1.64. The number of ether oxygens (including phenoxy) is 1. The summed E-state index contributed by atoms with van der Waals surface area (Å²) >= 11 is 4.74. The molecule has 0 unspecified atom stereocenters. The van der Waals surface area contributed by atoms with Gasteiger partial charge in [0.05, 0.1) is 16.9 Å². The Morgan fingerprint density at radius 2 is 1.84 bits per heavy atom. The summed E-state index contributed by atoms with van der Waals surface area (Å²) in [6.07, 6.45) is 0. The van der Waals surface area contributed by atoms with Crippen molar-refractivity contribution in [3.05, 3.63) is 40.7 Å². The van der Waals surface area contributed by atoms with Crippen LogP contribution in [0.25, 0.3) is 19.6 Å². The molecule has 3 aromatic rings. The van der Waals surface area contributed by atoms with E-state index in [9.17, 15) is 4.79 Å². The highest BCUT2D eigenvalue weighted by molar-refractivity contribution is 7.25. The molecule has 0 aromatic carbocycles. The maximum Gasteiger partial charge on any atom is 0.358 e. The average molecular weight is 307 g/mol. The van der Waals surface area contributed by atoms with Crippen LogP contribution in [0.5, 0.6) is 0 Å². The normalized spacial score (nSPS) is 10.6. The van der Waals surface area contributed by atoms with Crippen molar-refractivity contribution >= 4 is 40.0 Å². The van der Waals surface area contributed by atoms with Gasteiger partial charge in [-0.2, -0.15) is 0 Å². The Kier molecular flexibility index (Phi) is 3.46. The van der Waals surface area contributed by atoms with Gasteiger partial charge in [0.1, 0.15) is 5.01 Å². The molecule has 0 N–H and O–H groups in total. The van der Waals surface area contributed by atoms with Crippen molar-refractivity contribution in [3.63, 3.8) is 0 Å². The van der Waals surface area contributed by atoms with Gasteiger partial charge in [-0.3, -0.25) is 0 Å². The van der Waals surface area contributed by atoms with E-state index in [1.54, 1.807) is 22.7 Å². The minimum absolute atomic E-state index is 0.387. The van der Waals surface area contributed by atoms with Crippen LogP contribution in [0.3, 0.4) is 0 Å². The zero-order chi connectivity index (χ0) is 13.2. The van der Waals surface area contributed by atoms with E-state index >= 15 is 0 Å². The molecular weight excluding hydrogens is 298 g/mol. The second-order valence-corrected chi connectivity index (χ2v) is 6.54. The highest BCUT2D eigenvalue weighted by Gasteiger charge is 2.21. The van der Waals surface area contributed by atoms with Gasteiger partial charge in [-0.25, -0.2) is 9.78 Å². The Hall–Kier alpha value is -1.50. The molecule has 3 rings (SSSR count). The van der Waals surface area contributed by atoms with Crippen molar-refractivity contribution in [2.24, 2.45) is 0 Å². The number of carbonyl (C=O) groups excluding carboxylic acids is 1. The van der Waals surface area contributed by atoms with Crippen LogP contribution in [0.15, 0.2) is 35.0 Å². The molecule has 3 aromatic heterocycles. The molecule has 3 nitrogen and oxygen atoms in total. The Bertz CT molecular complexity index is 684. The summed E-state index contributed by atoms with van der Waals surface area (Å²) in [5.74, 6) is -0.387. The Morgan fingerprint density at radius 1 is 1.16 bits per heavy atom. The minimum Gasteiger partial charge on any atom is -0.464 e. The van der Waals surface area contributed by atoms with Crippen LogP contribution in [0.2, 0.25) is 0 Å². The number of carbonyl (C=O) groups is 1. The number of aromatic nitrogens is 1. The molecule has 0 saturated carbocycles. The predicted molar refractivity (Wildman–Crippen MR) is 80.1 cm³/mol. The number of methoxy groups -OCH3 is 1. The molecule has 19 heavy (non-hydrogen) atoms. The molecule has 0 saturated heterocycles. The number of thiazole rings is 1. The summed E-state index contributed by atoms with van der Waals surface area (Å²) < 4.78 is 4.82. The molecular formula is C13H9NO2S3. The van der Waals surface area contributed by atoms with Crippen LogP contribution in [0.4, 0.5) is 0 Å². The maximum absolute atomic E-state index is 11.8. The molecule has 0 aliphatic carbocycles.